The third kappa shape index (κ3) is 4.61. The second kappa shape index (κ2) is 9.14. The predicted molar refractivity (Wildman–Crippen MR) is 116 cm³/mol. The first kappa shape index (κ1) is 20.9. The Morgan fingerprint density at radius 2 is 2.21 bits per heavy atom. The number of nitrogens with one attached hydrogen (secondary N) is 1. The largest absolute Gasteiger partial charge is 0.352 e. The highest BCUT2D eigenvalue weighted by Crippen LogP contribution is 2.29. The van der Waals surface area contributed by atoms with Gasteiger partial charge in [-0.1, -0.05) is 56.1 Å². The maximum atomic E-state index is 12.8. The number of halogens is 1. The predicted octanol–water partition coefficient (Wildman–Crippen LogP) is 4.27. The molecule has 0 spiro atoms. The lowest BCUT2D eigenvalue weighted by Gasteiger charge is -2.34. The Hall–Kier alpha value is -1.79. The standard InChI is InChI=1S/C21H26ClN3O2S/c1-4-10-25-20(27)16-11-15(22)8-9-18(16)24-21(25)28-12-19(26)23-17-7-5-6-13(2)14(17)3/h4,8-9,11,13-14,17H,1,5-7,10,12H2,2-3H3,(H,23,26)/t13-,14+,17+/m0/s1. The Kier molecular flexibility index (Phi) is 6.83. The number of nitrogens with zero attached hydrogens (tertiary/aromatic N) is 2. The molecule has 28 heavy (non-hydrogen) atoms. The average Bonchev–Trinajstić information content (AvgIpc) is 2.67. The normalized spacial score (nSPS) is 22.2. The summed E-state index contributed by atoms with van der Waals surface area (Å²) in [5, 5.41) is 4.64. The molecule has 5 nitrogen and oxygen atoms in total. The van der Waals surface area contributed by atoms with Crippen LogP contribution in [0.1, 0.15) is 33.1 Å². The van der Waals surface area contributed by atoms with Crippen LogP contribution in [0, 0.1) is 11.8 Å². The molecular weight excluding hydrogens is 394 g/mol. The minimum atomic E-state index is -0.176. The van der Waals surface area contributed by atoms with Crippen LogP contribution in [0.4, 0.5) is 0 Å². The second-order valence-electron chi connectivity index (χ2n) is 7.49. The van der Waals surface area contributed by atoms with E-state index in [2.05, 4.69) is 30.7 Å². The fourth-order valence-electron chi connectivity index (χ4n) is 3.74. The van der Waals surface area contributed by atoms with Gasteiger partial charge in [0.25, 0.3) is 5.56 Å². The van der Waals surface area contributed by atoms with Crippen LogP contribution in [0.25, 0.3) is 10.9 Å². The summed E-state index contributed by atoms with van der Waals surface area (Å²) in [5.41, 5.74) is 0.400. The Morgan fingerprint density at radius 3 is 2.96 bits per heavy atom. The van der Waals surface area contributed by atoms with Gasteiger partial charge < -0.3 is 5.32 Å². The Bertz CT molecular complexity index is 943. The summed E-state index contributed by atoms with van der Waals surface area (Å²) in [4.78, 5) is 29.9. The van der Waals surface area contributed by atoms with Gasteiger partial charge in [-0.15, -0.1) is 6.58 Å². The van der Waals surface area contributed by atoms with Crippen molar-refractivity contribution >= 4 is 40.2 Å². The van der Waals surface area contributed by atoms with Crippen LogP contribution in [0.3, 0.4) is 0 Å². The Morgan fingerprint density at radius 1 is 1.43 bits per heavy atom. The number of hydrogen-bond acceptors (Lipinski definition) is 4. The Labute approximate surface area is 174 Å². The van der Waals surface area contributed by atoms with Gasteiger partial charge >= 0.3 is 0 Å². The number of carbonyl (C=O) groups is 1. The first-order valence-corrected chi connectivity index (χ1v) is 11.0. The number of aromatic nitrogens is 2. The lowest BCUT2D eigenvalue weighted by molar-refractivity contribution is -0.120. The zero-order valence-electron chi connectivity index (χ0n) is 16.3. The first-order valence-electron chi connectivity index (χ1n) is 9.64. The number of thioether (sulfide) groups is 1. The number of allylic oxidation sites excluding steroid dienone is 1. The van der Waals surface area contributed by atoms with Crippen LogP contribution in [-0.4, -0.2) is 27.3 Å². The smallest absolute Gasteiger partial charge is 0.262 e. The zero-order chi connectivity index (χ0) is 20.3. The van der Waals surface area contributed by atoms with Crippen molar-refractivity contribution in [2.45, 2.75) is 50.9 Å². The molecule has 1 aliphatic rings. The van der Waals surface area contributed by atoms with Gasteiger partial charge in [0.15, 0.2) is 5.16 Å². The van der Waals surface area contributed by atoms with Crippen LogP contribution in [0.2, 0.25) is 5.02 Å². The number of carbonyl (C=O) groups excluding carboxylic acids is 1. The monoisotopic (exact) mass is 419 g/mol. The fraction of sp³-hybridized carbons (Fsp3) is 0.476. The maximum absolute atomic E-state index is 12.8. The van der Waals surface area contributed by atoms with Gasteiger partial charge in [-0.3, -0.25) is 14.2 Å². The lowest BCUT2D eigenvalue weighted by atomic mass is 9.78. The van der Waals surface area contributed by atoms with Gasteiger partial charge in [-0.2, -0.15) is 0 Å². The minimum Gasteiger partial charge on any atom is -0.352 e. The van der Waals surface area contributed by atoms with Crippen molar-refractivity contribution in [1.82, 2.24) is 14.9 Å². The molecule has 1 N–H and O–H groups in total. The second-order valence-corrected chi connectivity index (χ2v) is 8.87. The fourth-order valence-corrected chi connectivity index (χ4v) is 4.73. The molecule has 1 aromatic heterocycles. The third-order valence-electron chi connectivity index (χ3n) is 5.58. The van der Waals surface area contributed by atoms with E-state index in [-0.39, 0.29) is 23.3 Å². The van der Waals surface area contributed by atoms with Gasteiger partial charge in [-0.25, -0.2) is 4.98 Å². The molecule has 0 aliphatic heterocycles. The van der Waals surface area contributed by atoms with Crippen LogP contribution in [0.15, 0.2) is 40.8 Å². The molecule has 2 aromatic rings. The summed E-state index contributed by atoms with van der Waals surface area (Å²) in [6.07, 6.45) is 5.05. The Balaban J connectivity index is 1.77. The van der Waals surface area contributed by atoms with Gasteiger partial charge in [0.2, 0.25) is 5.91 Å². The van der Waals surface area contributed by atoms with Crippen molar-refractivity contribution < 1.29 is 4.79 Å². The summed E-state index contributed by atoms with van der Waals surface area (Å²) in [6.45, 7) is 8.51. The topological polar surface area (TPSA) is 64.0 Å². The molecule has 1 aliphatic carbocycles. The van der Waals surface area contributed by atoms with Crippen molar-refractivity contribution in [2.24, 2.45) is 11.8 Å². The van der Waals surface area contributed by atoms with Crippen molar-refractivity contribution in [3.05, 3.63) is 46.2 Å². The molecule has 1 saturated carbocycles. The molecule has 1 aromatic carbocycles. The molecule has 0 saturated heterocycles. The van der Waals surface area contributed by atoms with Crippen molar-refractivity contribution in [3.8, 4) is 0 Å². The van der Waals surface area contributed by atoms with E-state index in [9.17, 15) is 9.59 Å². The van der Waals surface area contributed by atoms with Crippen molar-refractivity contribution in [2.75, 3.05) is 5.75 Å². The van der Waals surface area contributed by atoms with E-state index < -0.39 is 0 Å². The van der Waals surface area contributed by atoms with Crippen LogP contribution in [0.5, 0.6) is 0 Å². The summed E-state index contributed by atoms with van der Waals surface area (Å²) < 4.78 is 1.54. The summed E-state index contributed by atoms with van der Waals surface area (Å²) in [6, 6.07) is 5.28. The van der Waals surface area contributed by atoms with E-state index in [1.807, 2.05) is 0 Å². The highest BCUT2D eigenvalue weighted by molar-refractivity contribution is 7.99. The molecule has 1 fully saturated rings. The lowest BCUT2D eigenvalue weighted by Crippen LogP contribution is -2.44. The SMILES string of the molecule is C=CCn1c(SCC(=O)N[C@@H]2CCC[C@H](C)[C@H]2C)nc2ccc(Cl)cc2c1=O. The number of fused-ring (bicyclic) bond motifs is 1. The van der Waals surface area contributed by atoms with Crippen LogP contribution >= 0.6 is 23.4 Å². The van der Waals surface area contributed by atoms with E-state index in [4.69, 9.17) is 11.6 Å². The van der Waals surface area contributed by atoms with Gasteiger partial charge in [-0.05, 0) is 36.5 Å². The number of amides is 1. The first-order chi connectivity index (χ1) is 13.4. The molecule has 0 bridgehead atoms. The van der Waals surface area contributed by atoms with Crippen LogP contribution < -0.4 is 10.9 Å². The molecule has 1 amide bonds. The molecule has 3 rings (SSSR count). The van der Waals surface area contributed by atoms with Crippen molar-refractivity contribution in [3.63, 3.8) is 0 Å². The van der Waals surface area contributed by atoms with Gasteiger partial charge in [0.1, 0.15) is 0 Å². The van der Waals surface area contributed by atoms with E-state index in [1.165, 1.54) is 22.7 Å². The summed E-state index contributed by atoms with van der Waals surface area (Å²) >= 11 is 7.30. The molecule has 7 heteroatoms. The summed E-state index contributed by atoms with van der Waals surface area (Å²) in [5.74, 6) is 1.30. The van der Waals surface area contributed by atoms with E-state index in [0.29, 0.717) is 39.5 Å². The van der Waals surface area contributed by atoms with E-state index in [1.54, 1.807) is 24.3 Å². The zero-order valence-corrected chi connectivity index (χ0v) is 17.9. The van der Waals surface area contributed by atoms with E-state index in [0.717, 1.165) is 12.8 Å². The van der Waals surface area contributed by atoms with Gasteiger partial charge in [0.05, 0.1) is 16.7 Å². The highest BCUT2D eigenvalue weighted by atomic mass is 35.5. The number of rotatable bonds is 6. The number of benzene rings is 1. The maximum Gasteiger partial charge on any atom is 0.262 e. The molecule has 0 unspecified atom stereocenters. The molecule has 1 heterocycles. The van der Waals surface area contributed by atoms with Crippen LogP contribution in [-0.2, 0) is 11.3 Å². The quantitative estimate of drug-likeness (QED) is 0.431. The minimum absolute atomic E-state index is 0.0217. The third-order valence-corrected chi connectivity index (χ3v) is 6.79. The number of hydrogen-bond donors (Lipinski definition) is 1. The molecule has 150 valence electrons. The van der Waals surface area contributed by atoms with Gasteiger partial charge in [0, 0.05) is 17.6 Å². The molecule has 0 radical (unpaired) electrons. The molecule has 3 atom stereocenters. The van der Waals surface area contributed by atoms with Crippen molar-refractivity contribution in [1.29, 1.82) is 0 Å². The van der Waals surface area contributed by atoms with E-state index >= 15 is 0 Å². The average molecular weight is 420 g/mol. The summed E-state index contributed by atoms with van der Waals surface area (Å²) in [7, 11) is 0. The molecular formula is C21H26ClN3O2S. The highest BCUT2D eigenvalue weighted by Gasteiger charge is 2.28.